The molecule has 0 spiro atoms. The van der Waals surface area contributed by atoms with E-state index in [1.807, 2.05) is 0 Å². The second kappa shape index (κ2) is 4.75. The lowest BCUT2D eigenvalue weighted by atomic mass is 10.8. The first-order valence-corrected chi connectivity index (χ1v) is 3.72. The van der Waals surface area contributed by atoms with Gasteiger partial charge in [-0.2, -0.15) is 5.26 Å². The molecule has 46 valence electrons. The number of rotatable bonds is 3. The Morgan fingerprint density at radius 1 is 1.75 bits per heavy atom. The third kappa shape index (κ3) is 3.78. The Morgan fingerprint density at radius 3 is 2.75 bits per heavy atom. The minimum absolute atomic E-state index is 0.108. The Kier molecular flexibility index (Phi) is 4.51. The number of nitrogens with zero attached hydrogens (tertiary/aromatic N) is 1. The SMILES string of the molecule is N#CCS(=O)CCN. The number of nitrogens with two attached hydrogens (primary N) is 1. The Balaban J connectivity index is 3.23. The molecule has 0 aliphatic rings. The summed E-state index contributed by atoms with van der Waals surface area (Å²) in [6, 6.07) is 1.80. The van der Waals surface area contributed by atoms with Crippen LogP contribution in [0.25, 0.3) is 0 Å². The molecule has 0 saturated carbocycles. The molecule has 0 heterocycles. The smallest absolute Gasteiger partial charge is 0.111 e. The van der Waals surface area contributed by atoms with Crippen LogP contribution in [-0.4, -0.2) is 22.3 Å². The van der Waals surface area contributed by atoms with Crippen LogP contribution in [0.15, 0.2) is 0 Å². The zero-order chi connectivity index (χ0) is 6.41. The van der Waals surface area contributed by atoms with Crippen LogP contribution in [0.2, 0.25) is 0 Å². The van der Waals surface area contributed by atoms with E-state index in [-0.39, 0.29) is 5.75 Å². The van der Waals surface area contributed by atoms with Crippen molar-refractivity contribution in [2.75, 3.05) is 18.1 Å². The van der Waals surface area contributed by atoms with Crippen molar-refractivity contribution in [3.63, 3.8) is 0 Å². The van der Waals surface area contributed by atoms with Crippen molar-refractivity contribution in [2.24, 2.45) is 5.73 Å². The van der Waals surface area contributed by atoms with E-state index in [1.165, 1.54) is 0 Å². The third-order valence-electron chi connectivity index (χ3n) is 0.571. The van der Waals surface area contributed by atoms with Crippen LogP contribution in [0.5, 0.6) is 0 Å². The molecule has 4 heteroatoms. The minimum atomic E-state index is -1.01. The van der Waals surface area contributed by atoms with Gasteiger partial charge in [0.15, 0.2) is 0 Å². The molecule has 0 rings (SSSR count). The van der Waals surface area contributed by atoms with E-state index >= 15 is 0 Å². The Morgan fingerprint density at radius 2 is 2.38 bits per heavy atom. The summed E-state index contributed by atoms with van der Waals surface area (Å²) in [6.45, 7) is 0.397. The molecule has 0 aromatic heterocycles. The van der Waals surface area contributed by atoms with Gasteiger partial charge in [0.2, 0.25) is 0 Å². The first-order valence-electron chi connectivity index (χ1n) is 2.23. The van der Waals surface area contributed by atoms with Gasteiger partial charge in [-0.05, 0) is 0 Å². The van der Waals surface area contributed by atoms with Crippen molar-refractivity contribution in [1.82, 2.24) is 0 Å². The number of hydrogen-bond acceptors (Lipinski definition) is 3. The molecular formula is C4H8N2OS. The lowest BCUT2D eigenvalue weighted by Crippen LogP contribution is -2.11. The summed E-state index contributed by atoms with van der Waals surface area (Å²) in [6.07, 6.45) is 0. The molecule has 3 nitrogen and oxygen atoms in total. The average Bonchev–Trinajstić information content (AvgIpc) is 1.68. The monoisotopic (exact) mass is 132 g/mol. The summed E-state index contributed by atoms with van der Waals surface area (Å²) < 4.78 is 10.5. The second-order valence-corrected chi connectivity index (χ2v) is 2.81. The molecule has 8 heavy (non-hydrogen) atoms. The number of hydrogen-bond donors (Lipinski definition) is 1. The van der Waals surface area contributed by atoms with Crippen LogP contribution < -0.4 is 5.73 Å². The third-order valence-corrected chi connectivity index (χ3v) is 1.71. The van der Waals surface area contributed by atoms with E-state index in [4.69, 9.17) is 11.0 Å². The van der Waals surface area contributed by atoms with E-state index in [9.17, 15) is 4.21 Å². The maximum Gasteiger partial charge on any atom is 0.111 e. The highest BCUT2D eigenvalue weighted by molar-refractivity contribution is 7.85. The zero-order valence-electron chi connectivity index (χ0n) is 4.46. The maximum absolute atomic E-state index is 10.5. The molecule has 1 atom stereocenters. The Hall–Kier alpha value is -0.400. The summed E-state index contributed by atoms with van der Waals surface area (Å²) in [5, 5.41) is 7.98. The summed E-state index contributed by atoms with van der Waals surface area (Å²) in [5.74, 6) is 0.546. The van der Waals surface area contributed by atoms with Crippen molar-refractivity contribution >= 4 is 10.8 Å². The van der Waals surface area contributed by atoms with Gasteiger partial charge in [0.1, 0.15) is 5.75 Å². The standard InChI is InChI=1S/C4H8N2OS/c5-1-3-8(7)4-2-6/h1,3-5H2. The van der Waals surface area contributed by atoms with Crippen LogP contribution in [-0.2, 0) is 10.8 Å². The molecule has 1 unspecified atom stereocenters. The van der Waals surface area contributed by atoms with Gasteiger partial charge in [-0.1, -0.05) is 0 Å². The molecule has 2 N–H and O–H groups in total. The van der Waals surface area contributed by atoms with Crippen LogP contribution in [0.1, 0.15) is 0 Å². The lowest BCUT2D eigenvalue weighted by Gasteiger charge is -1.88. The maximum atomic E-state index is 10.5. The van der Waals surface area contributed by atoms with Gasteiger partial charge in [-0.3, -0.25) is 4.21 Å². The predicted octanol–water partition coefficient (Wildman–Crippen LogP) is -0.783. The summed E-state index contributed by atoms with van der Waals surface area (Å²) in [5.41, 5.74) is 5.06. The van der Waals surface area contributed by atoms with Gasteiger partial charge in [0, 0.05) is 23.1 Å². The molecule has 0 saturated heterocycles. The van der Waals surface area contributed by atoms with Crippen molar-refractivity contribution < 1.29 is 4.21 Å². The molecule has 0 aliphatic heterocycles. The van der Waals surface area contributed by atoms with E-state index in [1.54, 1.807) is 6.07 Å². The van der Waals surface area contributed by atoms with Gasteiger partial charge >= 0.3 is 0 Å². The van der Waals surface area contributed by atoms with E-state index in [0.29, 0.717) is 12.3 Å². The second-order valence-electron chi connectivity index (χ2n) is 1.24. The van der Waals surface area contributed by atoms with Crippen molar-refractivity contribution in [1.29, 1.82) is 5.26 Å². The molecular weight excluding hydrogens is 124 g/mol. The fourth-order valence-corrected chi connectivity index (χ4v) is 0.827. The van der Waals surface area contributed by atoms with E-state index in [0.717, 1.165) is 0 Å². The predicted molar refractivity (Wildman–Crippen MR) is 32.5 cm³/mol. The van der Waals surface area contributed by atoms with Crippen LogP contribution in [0, 0.1) is 11.3 Å². The van der Waals surface area contributed by atoms with Gasteiger partial charge in [0.05, 0.1) is 6.07 Å². The summed E-state index contributed by atoms with van der Waals surface area (Å²) in [7, 11) is -1.01. The van der Waals surface area contributed by atoms with Crippen LogP contribution in [0.4, 0.5) is 0 Å². The highest BCUT2D eigenvalue weighted by atomic mass is 32.2. The fourth-order valence-electron chi connectivity index (χ4n) is 0.276. The zero-order valence-corrected chi connectivity index (χ0v) is 5.28. The van der Waals surface area contributed by atoms with Gasteiger partial charge in [-0.15, -0.1) is 0 Å². The Labute approximate surface area is 50.9 Å². The lowest BCUT2D eigenvalue weighted by molar-refractivity contribution is 0.685. The molecule has 0 aliphatic carbocycles. The molecule has 0 amide bonds. The Bertz CT molecular complexity index is 118. The van der Waals surface area contributed by atoms with Crippen molar-refractivity contribution in [2.45, 2.75) is 0 Å². The van der Waals surface area contributed by atoms with Gasteiger partial charge in [-0.25, -0.2) is 0 Å². The summed E-state index contributed by atoms with van der Waals surface area (Å²) in [4.78, 5) is 0. The summed E-state index contributed by atoms with van der Waals surface area (Å²) >= 11 is 0. The molecule has 0 radical (unpaired) electrons. The van der Waals surface area contributed by atoms with Gasteiger partial charge in [0.25, 0.3) is 0 Å². The molecule has 0 fully saturated rings. The average molecular weight is 132 g/mol. The van der Waals surface area contributed by atoms with E-state index in [2.05, 4.69) is 0 Å². The molecule has 0 aromatic carbocycles. The highest BCUT2D eigenvalue weighted by Crippen LogP contribution is 1.75. The normalized spacial score (nSPS) is 12.5. The largest absolute Gasteiger partial charge is 0.330 e. The molecule has 0 aromatic rings. The topological polar surface area (TPSA) is 66.9 Å². The van der Waals surface area contributed by atoms with Crippen LogP contribution >= 0.6 is 0 Å². The highest BCUT2D eigenvalue weighted by Gasteiger charge is 1.92. The molecule has 0 bridgehead atoms. The van der Waals surface area contributed by atoms with Gasteiger partial charge < -0.3 is 5.73 Å². The first-order chi connectivity index (χ1) is 3.81. The minimum Gasteiger partial charge on any atom is -0.330 e. The van der Waals surface area contributed by atoms with E-state index < -0.39 is 10.8 Å². The van der Waals surface area contributed by atoms with Crippen molar-refractivity contribution in [3.05, 3.63) is 0 Å². The van der Waals surface area contributed by atoms with Crippen molar-refractivity contribution in [3.8, 4) is 6.07 Å². The fraction of sp³-hybridized carbons (Fsp3) is 0.750. The number of nitriles is 1. The quantitative estimate of drug-likeness (QED) is 0.547. The first kappa shape index (κ1) is 7.60. The van der Waals surface area contributed by atoms with Crippen LogP contribution in [0.3, 0.4) is 0 Å².